The minimum atomic E-state index is -0.950. The van der Waals surface area contributed by atoms with Gasteiger partial charge in [0.05, 0.1) is 0 Å². The molecular formula is C14H24N2O3. The number of urea groups is 1. The van der Waals surface area contributed by atoms with Gasteiger partial charge in [0.15, 0.2) is 0 Å². The van der Waals surface area contributed by atoms with Crippen LogP contribution in [0.2, 0.25) is 0 Å². The number of aliphatic carboxylic acids is 1. The number of nitrogens with zero attached hydrogens (tertiary/aromatic N) is 1. The molecule has 0 aromatic heterocycles. The lowest BCUT2D eigenvalue weighted by Crippen LogP contribution is -2.45. The van der Waals surface area contributed by atoms with Crippen LogP contribution in [-0.2, 0) is 4.79 Å². The Kier molecular flexibility index (Phi) is 3.27. The van der Waals surface area contributed by atoms with E-state index in [4.69, 9.17) is 5.11 Å². The van der Waals surface area contributed by atoms with Crippen LogP contribution >= 0.6 is 0 Å². The van der Waals surface area contributed by atoms with E-state index in [2.05, 4.69) is 33.0 Å². The van der Waals surface area contributed by atoms with Crippen LogP contribution in [0.25, 0.3) is 0 Å². The first kappa shape index (κ1) is 14.2. The second-order valence-electron chi connectivity index (χ2n) is 6.93. The molecule has 0 unspecified atom stereocenters. The quantitative estimate of drug-likeness (QED) is 0.800. The van der Waals surface area contributed by atoms with Gasteiger partial charge in [-0.1, -0.05) is 27.7 Å². The molecule has 2 fully saturated rings. The molecule has 5 heteroatoms. The molecule has 2 saturated carbocycles. The lowest BCUT2D eigenvalue weighted by Gasteiger charge is -2.21. The molecule has 0 aromatic rings. The Morgan fingerprint density at radius 1 is 1.21 bits per heavy atom. The Labute approximate surface area is 114 Å². The standard InChI is InChI=1S/C14H24N2O3/c1-13(2)10(14(13,3)4)7-15-12(19)16(8-11(17)18)9-5-6-9/h9-10H,5-8H2,1-4H3,(H,15,19)(H,17,18). The van der Waals surface area contributed by atoms with E-state index in [-0.39, 0.29) is 29.4 Å². The molecule has 0 bridgehead atoms. The van der Waals surface area contributed by atoms with Crippen molar-refractivity contribution in [2.45, 2.75) is 46.6 Å². The number of amides is 2. The first-order valence-electron chi connectivity index (χ1n) is 6.94. The summed E-state index contributed by atoms with van der Waals surface area (Å²) in [5.74, 6) is -0.496. The molecule has 19 heavy (non-hydrogen) atoms. The Morgan fingerprint density at radius 2 is 1.74 bits per heavy atom. The monoisotopic (exact) mass is 268 g/mol. The average molecular weight is 268 g/mol. The molecule has 0 atom stereocenters. The number of carbonyl (C=O) groups is 2. The lowest BCUT2D eigenvalue weighted by atomic mass is 10.0. The Balaban J connectivity index is 1.85. The number of hydrogen-bond donors (Lipinski definition) is 2. The molecule has 108 valence electrons. The average Bonchev–Trinajstić information content (AvgIpc) is 3.14. The third kappa shape index (κ3) is 2.55. The molecule has 0 saturated heterocycles. The van der Waals surface area contributed by atoms with Gasteiger partial charge in [0.2, 0.25) is 0 Å². The summed E-state index contributed by atoms with van der Waals surface area (Å²) in [5, 5.41) is 11.8. The van der Waals surface area contributed by atoms with Crippen molar-refractivity contribution in [2.75, 3.05) is 13.1 Å². The fourth-order valence-corrected chi connectivity index (χ4v) is 3.03. The molecule has 2 aliphatic rings. The van der Waals surface area contributed by atoms with Crippen molar-refractivity contribution in [3.8, 4) is 0 Å². The number of nitrogens with one attached hydrogen (secondary N) is 1. The van der Waals surface area contributed by atoms with Crippen LogP contribution in [0.15, 0.2) is 0 Å². The van der Waals surface area contributed by atoms with Gasteiger partial charge in [-0.3, -0.25) is 4.79 Å². The molecule has 2 N–H and O–H groups in total. The summed E-state index contributed by atoms with van der Waals surface area (Å²) in [6, 6.07) is -0.111. The number of carbonyl (C=O) groups excluding carboxylic acids is 1. The van der Waals surface area contributed by atoms with E-state index in [1.54, 1.807) is 0 Å². The summed E-state index contributed by atoms with van der Waals surface area (Å²) in [4.78, 5) is 24.3. The highest BCUT2D eigenvalue weighted by Crippen LogP contribution is 2.67. The van der Waals surface area contributed by atoms with Crippen molar-refractivity contribution < 1.29 is 14.7 Å². The molecular weight excluding hydrogens is 244 g/mol. The zero-order valence-corrected chi connectivity index (χ0v) is 12.2. The third-order valence-electron chi connectivity index (χ3n) is 5.33. The largest absolute Gasteiger partial charge is 0.480 e. The van der Waals surface area contributed by atoms with Crippen LogP contribution in [0.4, 0.5) is 4.79 Å². The Hall–Kier alpha value is -1.26. The van der Waals surface area contributed by atoms with E-state index in [9.17, 15) is 9.59 Å². The lowest BCUT2D eigenvalue weighted by molar-refractivity contribution is -0.137. The molecule has 0 radical (unpaired) electrons. The third-order valence-corrected chi connectivity index (χ3v) is 5.33. The second-order valence-corrected chi connectivity index (χ2v) is 6.93. The van der Waals surface area contributed by atoms with E-state index in [1.165, 1.54) is 4.90 Å². The predicted octanol–water partition coefficient (Wildman–Crippen LogP) is 1.93. The summed E-state index contributed by atoms with van der Waals surface area (Å²) < 4.78 is 0. The van der Waals surface area contributed by atoms with E-state index in [0.29, 0.717) is 12.5 Å². The van der Waals surface area contributed by atoms with Crippen molar-refractivity contribution in [1.29, 1.82) is 0 Å². The maximum Gasteiger partial charge on any atom is 0.323 e. The van der Waals surface area contributed by atoms with Crippen molar-refractivity contribution in [3.05, 3.63) is 0 Å². The molecule has 0 spiro atoms. The van der Waals surface area contributed by atoms with Gasteiger partial charge in [-0.15, -0.1) is 0 Å². The van der Waals surface area contributed by atoms with Gasteiger partial charge in [-0.25, -0.2) is 4.79 Å². The summed E-state index contributed by atoms with van der Waals surface area (Å²) in [6.45, 7) is 9.26. The Morgan fingerprint density at radius 3 is 2.11 bits per heavy atom. The molecule has 0 aliphatic heterocycles. The number of carboxylic acid groups (broad SMARTS) is 1. The van der Waals surface area contributed by atoms with Gasteiger partial charge >= 0.3 is 12.0 Å². The van der Waals surface area contributed by atoms with Gasteiger partial charge in [0, 0.05) is 12.6 Å². The van der Waals surface area contributed by atoms with Crippen LogP contribution in [0, 0.1) is 16.7 Å². The van der Waals surface area contributed by atoms with Crippen LogP contribution in [0.5, 0.6) is 0 Å². The zero-order valence-electron chi connectivity index (χ0n) is 12.2. The normalized spacial score (nSPS) is 23.8. The zero-order chi connectivity index (χ0) is 14.4. The van der Waals surface area contributed by atoms with Crippen LogP contribution in [-0.4, -0.2) is 41.1 Å². The fraction of sp³-hybridized carbons (Fsp3) is 0.857. The summed E-state index contributed by atoms with van der Waals surface area (Å²) in [5.41, 5.74) is 0.467. The van der Waals surface area contributed by atoms with Gasteiger partial charge in [0.25, 0.3) is 0 Å². The molecule has 2 aliphatic carbocycles. The topological polar surface area (TPSA) is 69.6 Å². The van der Waals surface area contributed by atoms with Crippen molar-refractivity contribution >= 4 is 12.0 Å². The molecule has 5 nitrogen and oxygen atoms in total. The number of carboxylic acids is 1. The van der Waals surface area contributed by atoms with Crippen molar-refractivity contribution in [1.82, 2.24) is 10.2 Å². The highest BCUT2D eigenvalue weighted by Gasteiger charge is 2.64. The SMILES string of the molecule is CC1(C)C(CNC(=O)N(CC(=O)O)C2CC2)C1(C)C. The first-order chi connectivity index (χ1) is 8.68. The van der Waals surface area contributed by atoms with Gasteiger partial charge in [-0.2, -0.15) is 0 Å². The highest BCUT2D eigenvalue weighted by molar-refractivity contribution is 5.80. The highest BCUT2D eigenvalue weighted by atomic mass is 16.4. The van der Waals surface area contributed by atoms with Crippen molar-refractivity contribution in [3.63, 3.8) is 0 Å². The minimum absolute atomic E-state index is 0.122. The summed E-state index contributed by atoms with van der Waals surface area (Å²) >= 11 is 0. The second kappa shape index (κ2) is 4.39. The van der Waals surface area contributed by atoms with E-state index < -0.39 is 5.97 Å². The molecule has 2 rings (SSSR count). The maximum absolute atomic E-state index is 12.1. The molecule has 0 aromatic carbocycles. The predicted molar refractivity (Wildman–Crippen MR) is 71.8 cm³/mol. The van der Waals surface area contributed by atoms with E-state index in [1.807, 2.05) is 0 Å². The molecule has 0 heterocycles. The number of rotatable bonds is 5. The number of hydrogen-bond acceptors (Lipinski definition) is 2. The summed E-state index contributed by atoms with van der Waals surface area (Å²) in [7, 11) is 0. The Bertz CT molecular complexity index is 385. The van der Waals surface area contributed by atoms with Gasteiger partial charge in [-0.05, 0) is 29.6 Å². The van der Waals surface area contributed by atoms with Crippen LogP contribution < -0.4 is 5.32 Å². The van der Waals surface area contributed by atoms with E-state index >= 15 is 0 Å². The minimum Gasteiger partial charge on any atom is -0.480 e. The fourth-order valence-electron chi connectivity index (χ4n) is 3.03. The smallest absolute Gasteiger partial charge is 0.323 e. The van der Waals surface area contributed by atoms with Crippen LogP contribution in [0.1, 0.15) is 40.5 Å². The van der Waals surface area contributed by atoms with Gasteiger partial charge in [0.1, 0.15) is 6.54 Å². The molecule has 2 amide bonds. The van der Waals surface area contributed by atoms with Gasteiger partial charge < -0.3 is 15.3 Å². The summed E-state index contributed by atoms with van der Waals surface area (Å²) in [6.07, 6.45) is 1.84. The van der Waals surface area contributed by atoms with Crippen LogP contribution in [0.3, 0.4) is 0 Å². The maximum atomic E-state index is 12.1. The van der Waals surface area contributed by atoms with Crippen molar-refractivity contribution in [2.24, 2.45) is 16.7 Å². The van der Waals surface area contributed by atoms with E-state index in [0.717, 1.165) is 12.8 Å². The first-order valence-corrected chi connectivity index (χ1v) is 6.94.